The predicted octanol–water partition coefficient (Wildman–Crippen LogP) is 3.38. The van der Waals surface area contributed by atoms with Crippen molar-refractivity contribution in [2.24, 2.45) is 0 Å². The zero-order valence-electron chi connectivity index (χ0n) is 17.8. The summed E-state index contributed by atoms with van der Waals surface area (Å²) >= 11 is 0. The monoisotopic (exact) mass is 448 g/mol. The van der Waals surface area contributed by atoms with Gasteiger partial charge in [0.25, 0.3) is 0 Å². The molecule has 168 valence electrons. The first-order valence-corrected chi connectivity index (χ1v) is 9.72. The van der Waals surface area contributed by atoms with Crippen molar-refractivity contribution in [3.8, 4) is 11.1 Å². The summed E-state index contributed by atoms with van der Waals surface area (Å²) in [7, 11) is 2.32. The Bertz CT molecular complexity index is 1230. The van der Waals surface area contributed by atoms with Crippen molar-refractivity contribution in [1.82, 2.24) is 0 Å². The third kappa shape index (κ3) is 3.82. The summed E-state index contributed by atoms with van der Waals surface area (Å²) in [5.41, 5.74) is -2.73. The minimum atomic E-state index is -2.69. The van der Waals surface area contributed by atoms with E-state index in [0.717, 1.165) is 7.11 Å². The fourth-order valence-electron chi connectivity index (χ4n) is 3.85. The van der Waals surface area contributed by atoms with Crippen LogP contribution in [0.3, 0.4) is 0 Å². The molecule has 0 heterocycles. The number of carbonyl (C=O) groups excluding carboxylic acids is 2. The average molecular weight is 448 g/mol. The Morgan fingerprint density at radius 2 is 1.03 bits per heavy atom. The van der Waals surface area contributed by atoms with E-state index in [-0.39, 0.29) is 33.4 Å². The second kappa shape index (κ2) is 9.35. The van der Waals surface area contributed by atoms with Gasteiger partial charge in [0, 0.05) is 0 Å². The molecule has 0 saturated heterocycles. The van der Waals surface area contributed by atoms with Crippen LogP contribution in [0.4, 0.5) is 0 Å². The first-order chi connectivity index (χ1) is 15.8. The van der Waals surface area contributed by atoms with Crippen molar-refractivity contribution >= 4 is 23.9 Å². The molecule has 0 saturated carbocycles. The molecule has 0 aliphatic carbocycles. The van der Waals surface area contributed by atoms with Gasteiger partial charge in [-0.1, -0.05) is 60.7 Å². The maximum absolute atomic E-state index is 12.8. The maximum Gasteiger partial charge on any atom is 0.338 e. The van der Waals surface area contributed by atoms with Crippen LogP contribution >= 0.6 is 0 Å². The molecule has 0 fully saturated rings. The highest BCUT2D eigenvalue weighted by molar-refractivity contribution is 6.13. The van der Waals surface area contributed by atoms with Crippen molar-refractivity contribution in [2.75, 3.05) is 14.2 Å². The molecule has 0 unspecified atom stereocenters. The summed E-state index contributed by atoms with van der Waals surface area (Å²) in [6.45, 7) is 0. The van der Waals surface area contributed by atoms with E-state index in [1.54, 1.807) is 24.3 Å². The number of esters is 2. The van der Waals surface area contributed by atoms with Gasteiger partial charge in [-0.05, 0) is 34.4 Å². The number of carboxylic acid groups (broad SMARTS) is 2. The van der Waals surface area contributed by atoms with Crippen LogP contribution in [0.15, 0.2) is 72.8 Å². The predicted molar refractivity (Wildman–Crippen MR) is 117 cm³/mol. The largest absolute Gasteiger partial charge is 0.480 e. The van der Waals surface area contributed by atoms with Gasteiger partial charge in [-0.25, -0.2) is 9.59 Å². The lowest BCUT2D eigenvalue weighted by atomic mass is 9.70. The van der Waals surface area contributed by atoms with Gasteiger partial charge in [0.05, 0.1) is 25.3 Å². The van der Waals surface area contributed by atoms with Crippen LogP contribution in [0, 0.1) is 0 Å². The normalized spacial score (nSPS) is 10.8. The van der Waals surface area contributed by atoms with Crippen LogP contribution in [0.25, 0.3) is 11.1 Å². The topological polar surface area (TPSA) is 127 Å². The summed E-state index contributed by atoms with van der Waals surface area (Å²) in [4.78, 5) is 50.3. The van der Waals surface area contributed by atoms with Crippen molar-refractivity contribution in [2.45, 2.75) is 5.41 Å². The van der Waals surface area contributed by atoms with Crippen LogP contribution in [0.2, 0.25) is 0 Å². The molecule has 0 amide bonds. The van der Waals surface area contributed by atoms with Crippen LogP contribution in [-0.4, -0.2) is 48.3 Å². The Morgan fingerprint density at radius 3 is 1.58 bits per heavy atom. The van der Waals surface area contributed by atoms with E-state index in [1.807, 2.05) is 0 Å². The number of hydrogen-bond acceptors (Lipinski definition) is 6. The van der Waals surface area contributed by atoms with E-state index in [1.165, 1.54) is 55.6 Å². The average Bonchev–Trinajstić information content (AvgIpc) is 2.83. The van der Waals surface area contributed by atoms with Gasteiger partial charge in [0.2, 0.25) is 5.41 Å². The van der Waals surface area contributed by atoms with Gasteiger partial charge < -0.3 is 19.7 Å². The van der Waals surface area contributed by atoms with E-state index in [4.69, 9.17) is 9.47 Å². The van der Waals surface area contributed by atoms with Gasteiger partial charge in [-0.3, -0.25) is 9.59 Å². The summed E-state index contributed by atoms with van der Waals surface area (Å²) in [5, 5.41) is 20.7. The van der Waals surface area contributed by atoms with Gasteiger partial charge in [-0.15, -0.1) is 0 Å². The molecule has 0 aromatic heterocycles. The van der Waals surface area contributed by atoms with Gasteiger partial charge in [-0.2, -0.15) is 0 Å². The molecular formula is C25H20O8. The van der Waals surface area contributed by atoms with Gasteiger partial charge >= 0.3 is 23.9 Å². The molecular weight excluding hydrogens is 428 g/mol. The van der Waals surface area contributed by atoms with Crippen molar-refractivity contribution in [3.05, 3.63) is 95.1 Å². The van der Waals surface area contributed by atoms with E-state index >= 15 is 0 Å². The van der Waals surface area contributed by atoms with Crippen molar-refractivity contribution < 1.29 is 38.9 Å². The molecule has 3 aromatic rings. The molecule has 8 heteroatoms. The zero-order chi connectivity index (χ0) is 24.2. The number of aliphatic carboxylic acids is 2. The first-order valence-electron chi connectivity index (χ1n) is 9.72. The minimum Gasteiger partial charge on any atom is -0.480 e. The molecule has 33 heavy (non-hydrogen) atoms. The van der Waals surface area contributed by atoms with Crippen LogP contribution in [0.1, 0.15) is 31.8 Å². The fraction of sp³-hybridized carbons (Fsp3) is 0.120. The highest BCUT2D eigenvalue weighted by atomic mass is 16.5. The lowest BCUT2D eigenvalue weighted by Gasteiger charge is -2.30. The summed E-state index contributed by atoms with van der Waals surface area (Å²) in [5.74, 6) is -4.99. The van der Waals surface area contributed by atoms with Crippen molar-refractivity contribution in [1.29, 1.82) is 0 Å². The number of rotatable bonds is 7. The number of hydrogen-bond donors (Lipinski definition) is 2. The third-order valence-corrected chi connectivity index (χ3v) is 5.33. The molecule has 8 nitrogen and oxygen atoms in total. The SMILES string of the molecule is COC(=O)c1ccccc1-c1ccccc1C(C(=O)O)(C(=O)O)c1ccccc1C(=O)OC. The van der Waals surface area contributed by atoms with Crippen molar-refractivity contribution in [3.63, 3.8) is 0 Å². The van der Waals surface area contributed by atoms with Gasteiger partial charge in [0.15, 0.2) is 0 Å². The molecule has 3 rings (SSSR count). The highest BCUT2D eigenvalue weighted by Crippen LogP contribution is 2.41. The second-order valence-corrected chi connectivity index (χ2v) is 6.98. The molecule has 0 bridgehead atoms. The first kappa shape index (κ1) is 23.2. The minimum absolute atomic E-state index is 0.124. The highest BCUT2D eigenvalue weighted by Gasteiger charge is 2.53. The Labute approximate surface area is 189 Å². The lowest BCUT2D eigenvalue weighted by molar-refractivity contribution is -0.155. The molecule has 0 aliphatic rings. The number of carbonyl (C=O) groups is 4. The van der Waals surface area contributed by atoms with E-state index in [9.17, 15) is 29.4 Å². The summed E-state index contributed by atoms with van der Waals surface area (Å²) in [6, 6.07) is 17.7. The molecule has 0 radical (unpaired) electrons. The Balaban J connectivity index is 2.47. The number of ether oxygens (including phenoxy) is 2. The molecule has 0 atom stereocenters. The van der Waals surface area contributed by atoms with E-state index < -0.39 is 29.3 Å². The molecule has 0 spiro atoms. The summed E-state index contributed by atoms with van der Waals surface area (Å²) < 4.78 is 9.60. The quantitative estimate of drug-likeness (QED) is 0.416. The maximum atomic E-state index is 12.8. The van der Waals surface area contributed by atoms with Crippen LogP contribution in [0.5, 0.6) is 0 Å². The zero-order valence-corrected chi connectivity index (χ0v) is 17.8. The Hall–Kier alpha value is -4.46. The van der Waals surface area contributed by atoms with E-state index in [0.29, 0.717) is 0 Å². The lowest BCUT2D eigenvalue weighted by Crippen LogP contribution is -2.46. The summed E-state index contributed by atoms with van der Waals surface area (Å²) in [6.07, 6.45) is 0. The Morgan fingerprint density at radius 1 is 0.606 bits per heavy atom. The Kier molecular flexibility index (Phi) is 6.58. The number of methoxy groups -OCH3 is 2. The van der Waals surface area contributed by atoms with Gasteiger partial charge in [0.1, 0.15) is 0 Å². The number of benzene rings is 3. The smallest absolute Gasteiger partial charge is 0.338 e. The molecule has 2 N–H and O–H groups in total. The second-order valence-electron chi connectivity index (χ2n) is 6.98. The third-order valence-electron chi connectivity index (χ3n) is 5.33. The van der Waals surface area contributed by atoms with Crippen LogP contribution in [-0.2, 0) is 24.5 Å². The standard InChI is InChI=1S/C25H20O8/c1-32-21(26)17-11-4-3-9-15(17)16-10-5-7-13-19(16)25(23(28)29,24(30)31)20-14-8-6-12-18(20)22(27)33-2/h3-14H,1-2H3,(H,28,29)(H,30,31). The van der Waals surface area contributed by atoms with Crippen LogP contribution < -0.4 is 0 Å². The molecule has 0 aliphatic heterocycles. The van der Waals surface area contributed by atoms with E-state index in [2.05, 4.69) is 0 Å². The number of carboxylic acids is 2. The fourth-order valence-corrected chi connectivity index (χ4v) is 3.85. The molecule has 3 aromatic carbocycles.